The van der Waals surface area contributed by atoms with Crippen LogP contribution in [0.4, 0.5) is 5.69 Å². The van der Waals surface area contributed by atoms with Crippen molar-refractivity contribution >= 4 is 16.7 Å². The molecule has 0 bridgehead atoms. The number of aromatic amines is 1. The summed E-state index contributed by atoms with van der Waals surface area (Å²) in [5.74, 6) is 0.475. The quantitative estimate of drug-likeness (QED) is 0.739. The van der Waals surface area contributed by atoms with Gasteiger partial charge in [0.2, 0.25) is 0 Å². The van der Waals surface area contributed by atoms with Crippen LogP contribution in [-0.4, -0.2) is 23.1 Å². The van der Waals surface area contributed by atoms with Crippen molar-refractivity contribution in [1.82, 2.24) is 9.97 Å². The molecule has 1 unspecified atom stereocenters. The van der Waals surface area contributed by atoms with Gasteiger partial charge in [0.05, 0.1) is 17.1 Å². The second-order valence-electron chi connectivity index (χ2n) is 5.86. The Labute approximate surface area is 142 Å². The zero-order valence-corrected chi connectivity index (χ0v) is 14.2. The second-order valence-corrected chi connectivity index (χ2v) is 5.86. The first-order valence-electron chi connectivity index (χ1n) is 8.43. The van der Waals surface area contributed by atoms with E-state index in [0.717, 1.165) is 35.5 Å². The molecule has 0 radical (unpaired) electrons. The average molecular weight is 318 g/mol. The number of rotatable bonds is 6. The Morgan fingerprint density at radius 1 is 1.08 bits per heavy atom. The third kappa shape index (κ3) is 3.26. The molecule has 1 atom stereocenters. The van der Waals surface area contributed by atoms with Crippen LogP contribution >= 0.6 is 0 Å². The molecule has 3 aromatic rings. The molecule has 0 aliphatic heterocycles. The monoisotopic (exact) mass is 318 g/mol. The van der Waals surface area contributed by atoms with E-state index in [-0.39, 0.29) is 5.92 Å². The van der Waals surface area contributed by atoms with E-state index >= 15 is 0 Å². The highest BCUT2D eigenvalue weighted by Crippen LogP contribution is 2.23. The maximum atomic E-state index is 9.57. The smallest absolute Gasteiger partial charge is 0.124 e. The number of anilines is 1. The topological polar surface area (TPSA) is 55.7 Å². The van der Waals surface area contributed by atoms with Gasteiger partial charge in [0.15, 0.2) is 0 Å². The van der Waals surface area contributed by atoms with Crippen LogP contribution in [0.15, 0.2) is 48.5 Å². The van der Waals surface area contributed by atoms with Crippen molar-refractivity contribution in [2.45, 2.75) is 26.2 Å². The zero-order chi connectivity index (χ0) is 16.9. The number of nitrogens with zero attached hydrogens (tertiary/aromatic N) is 3. The summed E-state index contributed by atoms with van der Waals surface area (Å²) < 4.78 is 0. The minimum Gasteiger partial charge on any atom is -0.372 e. The van der Waals surface area contributed by atoms with Gasteiger partial charge in [-0.15, -0.1) is 0 Å². The molecular weight excluding hydrogens is 296 g/mol. The highest BCUT2D eigenvalue weighted by molar-refractivity contribution is 5.75. The molecule has 4 nitrogen and oxygen atoms in total. The fraction of sp³-hybridized carbons (Fsp3) is 0.300. The van der Waals surface area contributed by atoms with E-state index in [0.29, 0.717) is 6.42 Å². The first kappa shape index (κ1) is 16.1. The Morgan fingerprint density at radius 2 is 1.79 bits per heavy atom. The van der Waals surface area contributed by atoms with Crippen LogP contribution < -0.4 is 4.90 Å². The van der Waals surface area contributed by atoms with Gasteiger partial charge in [-0.3, -0.25) is 0 Å². The first-order valence-corrected chi connectivity index (χ1v) is 8.43. The number of para-hydroxylation sites is 2. The Morgan fingerprint density at radius 3 is 2.42 bits per heavy atom. The zero-order valence-electron chi connectivity index (χ0n) is 14.2. The summed E-state index contributed by atoms with van der Waals surface area (Å²) in [4.78, 5) is 10.1. The number of nitrogens with one attached hydrogen (secondary N) is 1. The molecule has 0 aliphatic carbocycles. The van der Waals surface area contributed by atoms with Gasteiger partial charge in [-0.25, -0.2) is 4.98 Å². The second kappa shape index (κ2) is 7.18. The summed E-state index contributed by atoms with van der Waals surface area (Å²) in [6.45, 7) is 6.31. The number of nitriles is 1. The number of benzene rings is 2. The normalized spacial score (nSPS) is 12.0. The Bertz CT molecular complexity index is 805. The van der Waals surface area contributed by atoms with Crippen molar-refractivity contribution in [1.29, 1.82) is 5.26 Å². The minimum atomic E-state index is -0.267. The molecule has 0 aliphatic rings. The van der Waals surface area contributed by atoms with Crippen molar-refractivity contribution in [2.75, 3.05) is 18.0 Å². The molecule has 0 fully saturated rings. The number of fused-ring (bicyclic) bond motifs is 1. The SMILES string of the molecule is CCN(CC)c1ccc(CC(C#N)c2nc3ccccc3[nH]2)cc1. The fourth-order valence-corrected chi connectivity index (χ4v) is 3.01. The van der Waals surface area contributed by atoms with Crippen molar-refractivity contribution < 1.29 is 0 Å². The van der Waals surface area contributed by atoms with E-state index in [1.165, 1.54) is 5.69 Å². The Hall–Kier alpha value is -2.80. The highest BCUT2D eigenvalue weighted by Gasteiger charge is 2.16. The highest BCUT2D eigenvalue weighted by atomic mass is 15.1. The molecular formula is C20H22N4. The molecule has 1 N–H and O–H groups in total. The summed E-state index contributed by atoms with van der Waals surface area (Å²) in [6, 6.07) is 18.8. The lowest BCUT2D eigenvalue weighted by Crippen LogP contribution is -2.21. The summed E-state index contributed by atoms with van der Waals surface area (Å²) in [5, 5.41) is 9.57. The van der Waals surface area contributed by atoms with Crippen LogP contribution in [0.1, 0.15) is 31.2 Å². The number of imidazole rings is 1. The third-order valence-corrected chi connectivity index (χ3v) is 4.40. The molecule has 3 rings (SSSR count). The molecule has 0 amide bonds. The maximum Gasteiger partial charge on any atom is 0.124 e. The van der Waals surface area contributed by atoms with Crippen molar-refractivity contribution in [3.63, 3.8) is 0 Å². The van der Waals surface area contributed by atoms with Crippen LogP contribution in [-0.2, 0) is 6.42 Å². The van der Waals surface area contributed by atoms with E-state index < -0.39 is 0 Å². The largest absolute Gasteiger partial charge is 0.372 e. The predicted octanol–water partition coefficient (Wildman–Crippen LogP) is 4.26. The summed E-state index contributed by atoms with van der Waals surface area (Å²) in [7, 11) is 0. The number of H-pyrrole nitrogens is 1. The predicted molar refractivity (Wildman–Crippen MR) is 98.2 cm³/mol. The lowest BCUT2D eigenvalue weighted by Gasteiger charge is -2.21. The molecule has 0 spiro atoms. The van der Waals surface area contributed by atoms with E-state index in [1.807, 2.05) is 24.3 Å². The van der Waals surface area contributed by atoms with E-state index in [4.69, 9.17) is 0 Å². The molecule has 0 saturated heterocycles. The van der Waals surface area contributed by atoms with Crippen LogP contribution in [0.5, 0.6) is 0 Å². The van der Waals surface area contributed by atoms with Crippen LogP contribution in [0.2, 0.25) is 0 Å². The lowest BCUT2D eigenvalue weighted by molar-refractivity contribution is 0.793. The molecule has 1 heterocycles. The van der Waals surface area contributed by atoms with Crippen molar-refractivity contribution in [3.8, 4) is 6.07 Å². The van der Waals surface area contributed by atoms with Gasteiger partial charge in [-0.05, 0) is 50.1 Å². The van der Waals surface area contributed by atoms with Crippen LogP contribution in [0.25, 0.3) is 11.0 Å². The summed E-state index contributed by atoms with van der Waals surface area (Å²) in [6.07, 6.45) is 0.662. The lowest BCUT2D eigenvalue weighted by atomic mass is 10.00. The van der Waals surface area contributed by atoms with Gasteiger partial charge in [0.25, 0.3) is 0 Å². The maximum absolute atomic E-state index is 9.57. The summed E-state index contributed by atoms with van der Waals surface area (Å²) >= 11 is 0. The van der Waals surface area contributed by atoms with Gasteiger partial charge in [-0.2, -0.15) is 5.26 Å². The molecule has 1 aromatic heterocycles. The van der Waals surface area contributed by atoms with Gasteiger partial charge >= 0.3 is 0 Å². The molecule has 24 heavy (non-hydrogen) atoms. The standard InChI is InChI=1S/C20H22N4/c1-3-24(4-2)17-11-9-15(10-12-17)13-16(14-21)20-22-18-7-5-6-8-19(18)23-20/h5-12,16H,3-4,13H2,1-2H3,(H,22,23). The fourth-order valence-electron chi connectivity index (χ4n) is 3.01. The van der Waals surface area contributed by atoms with Gasteiger partial charge in [-0.1, -0.05) is 24.3 Å². The minimum absolute atomic E-state index is 0.267. The van der Waals surface area contributed by atoms with Crippen LogP contribution in [0.3, 0.4) is 0 Å². The molecule has 4 heteroatoms. The van der Waals surface area contributed by atoms with Crippen LogP contribution in [0, 0.1) is 11.3 Å². The van der Waals surface area contributed by atoms with Crippen molar-refractivity contribution in [3.05, 3.63) is 59.9 Å². The van der Waals surface area contributed by atoms with E-state index in [2.05, 4.69) is 59.1 Å². The van der Waals surface area contributed by atoms with Gasteiger partial charge < -0.3 is 9.88 Å². The van der Waals surface area contributed by atoms with E-state index in [1.54, 1.807) is 0 Å². The summed E-state index contributed by atoms with van der Waals surface area (Å²) in [5.41, 5.74) is 4.26. The average Bonchev–Trinajstić information content (AvgIpc) is 3.06. The molecule has 122 valence electrons. The number of aromatic nitrogens is 2. The molecule has 0 saturated carbocycles. The third-order valence-electron chi connectivity index (χ3n) is 4.40. The Kier molecular flexibility index (Phi) is 4.81. The number of hydrogen-bond acceptors (Lipinski definition) is 3. The van der Waals surface area contributed by atoms with E-state index in [9.17, 15) is 5.26 Å². The Balaban J connectivity index is 1.79. The molecule has 2 aromatic carbocycles. The first-order chi connectivity index (χ1) is 11.7. The van der Waals surface area contributed by atoms with Crippen molar-refractivity contribution in [2.24, 2.45) is 0 Å². The van der Waals surface area contributed by atoms with Gasteiger partial charge in [0, 0.05) is 18.8 Å². The number of hydrogen-bond donors (Lipinski definition) is 1. The van der Waals surface area contributed by atoms with Gasteiger partial charge in [0.1, 0.15) is 11.7 Å².